The van der Waals surface area contributed by atoms with Crippen molar-refractivity contribution >= 4 is 52.9 Å². The molecule has 0 aliphatic carbocycles. The molecule has 13 heteroatoms. The summed E-state index contributed by atoms with van der Waals surface area (Å²) in [5.41, 5.74) is 0. The molecule has 8 nitrogen and oxygen atoms in total. The van der Waals surface area contributed by atoms with E-state index in [0.717, 1.165) is 6.07 Å². The first-order chi connectivity index (χ1) is 11.3. The summed E-state index contributed by atoms with van der Waals surface area (Å²) in [6.45, 7) is -0.160. The van der Waals surface area contributed by atoms with Gasteiger partial charge in [-0.15, -0.1) is 0 Å². The van der Waals surface area contributed by atoms with Gasteiger partial charge in [0.15, 0.2) is 19.7 Å². The van der Waals surface area contributed by atoms with Crippen molar-refractivity contribution in [2.45, 2.75) is 16.2 Å². The summed E-state index contributed by atoms with van der Waals surface area (Å²) in [4.78, 5) is -0.151. The monoisotopic (exact) mass is 450 g/mol. The van der Waals surface area contributed by atoms with Crippen LogP contribution in [-0.4, -0.2) is 60.3 Å². The number of benzene rings is 1. The third-order valence-electron chi connectivity index (χ3n) is 3.71. The van der Waals surface area contributed by atoms with Crippen molar-refractivity contribution in [3.63, 3.8) is 0 Å². The largest absolute Gasteiger partial charge is 0.311 e. The molecule has 1 fully saturated rings. The van der Waals surface area contributed by atoms with Crippen molar-refractivity contribution in [1.29, 1.82) is 0 Å². The fourth-order valence-electron chi connectivity index (χ4n) is 2.53. The molecule has 2 rings (SSSR count). The van der Waals surface area contributed by atoms with E-state index in [0.29, 0.717) is 0 Å². The molecule has 0 aromatic heterocycles. The maximum Gasteiger partial charge on any atom is 0.210 e. The predicted octanol–water partition coefficient (Wildman–Crippen LogP) is -0.189. The molecule has 0 spiro atoms. The smallest absolute Gasteiger partial charge is 0.210 e. The van der Waals surface area contributed by atoms with E-state index < -0.39 is 58.2 Å². The second-order valence-corrected chi connectivity index (χ2v) is 12.5. The molecule has 0 radical (unpaired) electrons. The van der Waals surface area contributed by atoms with Gasteiger partial charge in [0.25, 0.3) is 0 Å². The maximum absolute atomic E-state index is 12.8. The number of sulfone groups is 2. The van der Waals surface area contributed by atoms with E-state index in [-0.39, 0.29) is 21.5 Å². The van der Waals surface area contributed by atoms with Gasteiger partial charge in [-0.05, 0) is 18.2 Å². The van der Waals surface area contributed by atoms with Crippen LogP contribution in [0, 0.1) is 0 Å². The first-order valence-corrected chi connectivity index (χ1v) is 12.8. The maximum atomic E-state index is 12.8. The van der Waals surface area contributed by atoms with Crippen LogP contribution < -0.4 is 10.5 Å². The Morgan fingerprint density at radius 2 is 1.76 bits per heavy atom. The van der Waals surface area contributed by atoms with Crippen molar-refractivity contribution in [3.05, 3.63) is 28.2 Å². The lowest BCUT2D eigenvalue weighted by Crippen LogP contribution is -2.45. The molecule has 142 valence electrons. The fraction of sp³-hybridized carbons (Fsp3) is 0.500. The van der Waals surface area contributed by atoms with Crippen LogP contribution in [0.25, 0.3) is 0 Å². The van der Waals surface area contributed by atoms with Crippen LogP contribution in [0.5, 0.6) is 0 Å². The van der Waals surface area contributed by atoms with Crippen molar-refractivity contribution in [2.75, 3.05) is 23.8 Å². The molecule has 0 bridgehead atoms. The highest BCUT2D eigenvalue weighted by molar-refractivity contribution is 7.96. The van der Waals surface area contributed by atoms with E-state index in [1.54, 1.807) is 0 Å². The summed E-state index contributed by atoms with van der Waals surface area (Å²) in [5, 5.41) is 6.48. The number of primary sulfonamides is 1. The van der Waals surface area contributed by atoms with Gasteiger partial charge in [0, 0.05) is 12.6 Å². The first-order valence-electron chi connectivity index (χ1n) is 6.95. The molecular formula is C12H16Cl2N2O6S3. The average Bonchev–Trinajstić information content (AvgIpc) is 2.76. The normalized spacial score (nSPS) is 23.6. The van der Waals surface area contributed by atoms with Crippen molar-refractivity contribution in [3.8, 4) is 0 Å². The minimum Gasteiger partial charge on any atom is -0.311 e. The van der Waals surface area contributed by atoms with E-state index in [1.807, 2.05) is 0 Å². The van der Waals surface area contributed by atoms with Gasteiger partial charge in [-0.2, -0.15) is 0 Å². The summed E-state index contributed by atoms with van der Waals surface area (Å²) in [6.07, 6.45) is 0. The molecular weight excluding hydrogens is 435 g/mol. The Morgan fingerprint density at radius 1 is 1.12 bits per heavy atom. The zero-order valence-corrected chi connectivity index (χ0v) is 16.7. The molecule has 1 saturated heterocycles. The molecule has 0 unspecified atom stereocenters. The van der Waals surface area contributed by atoms with Crippen LogP contribution in [0.2, 0.25) is 10.0 Å². The van der Waals surface area contributed by atoms with E-state index in [2.05, 4.69) is 5.32 Å². The first kappa shape index (κ1) is 20.9. The number of hydrogen-bond acceptors (Lipinski definition) is 7. The number of sulfonamides is 1. The number of nitrogens with two attached hydrogens (primary N) is 1. The lowest BCUT2D eigenvalue weighted by molar-refractivity contribution is 0.534. The van der Waals surface area contributed by atoms with E-state index in [1.165, 1.54) is 12.1 Å². The highest BCUT2D eigenvalue weighted by atomic mass is 35.5. The Balaban J connectivity index is 2.30. The van der Waals surface area contributed by atoms with Crippen LogP contribution in [0.1, 0.15) is 0 Å². The standard InChI is InChI=1S/C12H16Cl2N2O6S3/c13-9-2-1-8(5-10(9)14)25(21,22)12-7-23(17,18)6-11(12)16-3-4-24(15,19)20/h1-2,5,11-12,16H,3-4,6-7H2,(H2,15,19,20)/t11-,12-/m0/s1. The highest BCUT2D eigenvalue weighted by Gasteiger charge is 2.45. The summed E-state index contributed by atoms with van der Waals surface area (Å²) in [7, 11) is -11.4. The predicted molar refractivity (Wildman–Crippen MR) is 95.9 cm³/mol. The molecule has 2 atom stereocenters. The Morgan fingerprint density at radius 3 is 2.32 bits per heavy atom. The van der Waals surface area contributed by atoms with Gasteiger partial charge >= 0.3 is 0 Å². The number of halogens is 2. The van der Waals surface area contributed by atoms with Gasteiger partial charge < -0.3 is 5.32 Å². The third kappa shape index (κ3) is 5.28. The Hall–Kier alpha value is -0.430. The highest BCUT2D eigenvalue weighted by Crippen LogP contribution is 2.30. The second kappa shape index (κ2) is 7.29. The lowest BCUT2D eigenvalue weighted by Gasteiger charge is -2.20. The van der Waals surface area contributed by atoms with E-state index in [9.17, 15) is 25.3 Å². The summed E-state index contributed by atoms with van der Waals surface area (Å²) >= 11 is 11.6. The molecule has 1 heterocycles. The van der Waals surface area contributed by atoms with Crippen molar-refractivity contribution in [1.82, 2.24) is 5.32 Å². The van der Waals surface area contributed by atoms with Crippen LogP contribution in [0.3, 0.4) is 0 Å². The van der Waals surface area contributed by atoms with Gasteiger partial charge in [-0.1, -0.05) is 23.2 Å². The molecule has 1 aliphatic rings. The van der Waals surface area contributed by atoms with Crippen LogP contribution in [0.4, 0.5) is 0 Å². The van der Waals surface area contributed by atoms with Gasteiger partial charge in [0.1, 0.15) is 0 Å². The molecule has 1 aromatic rings. The SMILES string of the molecule is NS(=O)(=O)CCN[C@H]1CS(=O)(=O)C[C@@H]1S(=O)(=O)c1ccc(Cl)c(Cl)c1. The quantitative estimate of drug-likeness (QED) is 0.611. The molecule has 3 N–H and O–H groups in total. The van der Waals surface area contributed by atoms with Crippen molar-refractivity contribution < 1.29 is 25.3 Å². The number of hydrogen-bond donors (Lipinski definition) is 2. The second-order valence-electron chi connectivity index (χ2n) is 5.66. The minimum absolute atomic E-state index is 0.0299. The summed E-state index contributed by atoms with van der Waals surface area (Å²) in [6, 6.07) is 2.76. The zero-order chi connectivity index (χ0) is 19.0. The Labute approximate surface area is 156 Å². The topological polar surface area (TPSA) is 140 Å². The minimum atomic E-state index is -4.03. The van der Waals surface area contributed by atoms with Gasteiger partial charge in [0.2, 0.25) is 10.0 Å². The summed E-state index contributed by atoms with van der Waals surface area (Å²) < 4.78 is 71.4. The molecule has 25 heavy (non-hydrogen) atoms. The Kier molecular flexibility index (Phi) is 6.09. The summed E-state index contributed by atoms with van der Waals surface area (Å²) in [5.74, 6) is -1.42. The molecule has 1 aromatic carbocycles. The van der Waals surface area contributed by atoms with Crippen molar-refractivity contribution in [2.24, 2.45) is 5.14 Å². The Bertz CT molecular complexity index is 976. The molecule has 0 amide bonds. The molecule has 1 aliphatic heterocycles. The van der Waals surface area contributed by atoms with Gasteiger partial charge in [0.05, 0.1) is 37.4 Å². The average molecular weight is 451 g/mol. The van der Waals surface area contributed by atoms with E-state index >= 15 is 0 Å². The van der Waals surface area contributed by atoms with Crippen LogP contribution in [0.15, 0.2) is 23.1 Å². The lowest BCUT2D eigenvalue weighted by atomic mass is 10.2. The molecule has 0 saturated carbocycles. The third-order valence-corrected chi connectivity index (χ3v) is 9.37. The zero-order valence-electron chi connectivity index (χ0n) is 12.7. The van der Waals surface area contributed by atoms with Gasteiger partial charge in [-0.3, -0.25) is 0 Å². The number of rotatable bonds is 6. The number of nitrogens with one attached hydrogen (secondary N) is 1. The van der Waals surface area contributed by atoms with Crippen LogP contribution in [-0.2, 0) is 29.7 Å². The fourth-order valence-corrected chi connectivity index (χ4v) is 8.03. The van der Waals surface area contributed by atoms with E-state index in [4.69, 9.17) is 28.3 Å². The van der Waals surface area contributed by atoms with Crippen LogP contribution >= 0.6 is 23.2 Å². The van der Waals surface area contributed by atoms with Gasteiger partial charge in [-0.25, -0.2) is 30.4 Å².